The zero-order chi connectivity index (χ0) is 12.9. The first-order valence-electron chi connectivity index (χ1n) is 5.19. The quantitative estimate of drug-likeness (QED) is 0.733. The maximum absolute atomic E-state index is 12.0. The van der Waals surface area contributed by atoms with Crippen LogP contribution >= 0.6 is 7.82 Å². The molecule has 96 valence electrons. The number of rotatable bonds is 6. The lowest BCUT2D eigenvalue weighted by Crippen LogP contribution is -2.05. The van der Waals surface area contributed by atoms with Gasteiger partial charge in [-0.25, -0.2) is 9.36 Å². The Bertz CT molecular complexity index is 456. The summed E-state index contributed by atoms with van der Waals surface area (Å²) in [5.74, 6) is 0.455. The maximum Gasteiger partial charge on any atom is 0.530 e. The molecule has 1 rings (SSSR count). The van der Waals surface area contributed by atoms with Crippen LogP contribution in [-0.4, -0.2) is 13.2 Å². The van der Waals surface area contributed by atoms with E-state index in [1.54, 1.807) is 20.8 Å². The van der Waals surface area contributed by atoms with Crippen LogP contribution in [0.5, 0.6) is 5.75 Å². The van der Waals surface area contributed by atoms with E-state index in [1.807, 2.05) is 0 Å². The highest BCUT2D eigenvalue weighted by Crippen LogP contribution is 2.49. The predicted octanol–water partition coefficient (Wildman–Crippen LogP) is 2.51. The zero-order valence-electron chi connectivity index (χ0n) is 9.97. The van der Waals surface area contributed by atoms with Gasteiger partial charge in [-0.2, -0.15) is 0 Å². The monoisotopic (exact) mass is 262 g/mol. The van der Waals surface area contributed by atoms with Gasteiger partial charge in [-0.15, -0.1) is 0 Å². The van der Waals surface area contributed by atoms with Gasteiger partial charge in [0, 0.05) is 6.07 Å². The lowest BCUT2D eigenvalue weighted by molar-refractivity contribution is 0.167. The topological polar surface area (TPSA) is 75.0 Å². The molecule has 0 bridgehead atoms. The molecule has 0 fully saturated rings. The number of phosphoric ester groups is 1. The van der Waals surface area contributed by atoms with Gasteiger partial charge in [0.25, 0.3) is 0 Å². The number of hydrogen-bond acceptors (Lipinski definition) is 6. The van der Waals surface area contributed by atoms with E-state index in [-0.39, 0.29) is 19.0 Å². The second-order valence-corrected chi connectivity index (χ2v) is 4.69. The Hall–Kier alpha value is -1.10. The molecule has 0 N–H and O–H groups in total. The Morgan fingerprint density at radius 1 is 1.24 bits per heavy atom. The van der Waals surface area contributed by atoms with E-state index in [2.05, 4.69) is 0 Å². The van der Waals surface area contributed by atoms with Crippen molar-refractivity contribution >= 4 is 7.82 Å². The van der Waals surface area contributed by atoms with Crippen molar-refractivity contribution in [1.82, 2.24) is 0 Å². The molecule has 1 aromatic rings. The molecule has 1 heterocycles. The van der Waals surface area contributed by atoms with E-state index in [1.165, 1.54) is 6.07 Å². The number of aryl methyl sites for hydroxylation is 1. The van der Waals surface area contributed by atoms with E-state index in [0.717, 1.165) is 6.07 Å². The molecule has 0 aliphatic rings. The van der Waals surface area contributed by atoms with Gasteiger partial charge >= 0.3 is 13.4 Å². The minimum Gasteiger partial charge on any atom is -0.428 e. The van der Waals surface area contributed by atoms with E-state index < -0.39 is 13.4 Å². The summed E-state index contributed by atoms with van der Waals surface area (Å²) >= 11 is 0. The first-order chi connectivity index (χ1) is 7.99. The van der Waals surface area contributed by atoms with Crippen molar-refractivity contribution in [2.24, 2.45) is 0 Å². The second kappa shape index (κ2) is 6.00. The van der Waals surface area contributed by atoms with Crippen LogP contribution in [0.3, 0.4) is 0 Å². The van der Waals surface area contributed by atoms with Crippen molar-refractivity contribution in [2.75, 3.05) is 13.2 Å². The maximum atomic E-state index is 12.0. The molecule has 7 heteroatoms. The molecule has 0 aromatic carbocycles. The second-order valence-electron chi connectivity index (χ2n) is 3.10. The molecule has 17 heavy (non-hydrogen) atoms. The van der Waals surface area contributed by atoms with E-state index in [4.69, 9.17) is 18.0 Å². The van der Waals surface area contributed by atoms with Crippen molar-refractivity contribution < 1.29 is 22.6 Å². The van der Waals surface area contributed by atoms with Crippen LogP contribution in [0.2, 0.25) is 0 Å². The van der Waals surface area contributed by atoms with Crippen LogP contribution < -0.4 is 10.1 Å². The molecule has 0 atom stereocenters. The highest BCUT2D eigenvalue weighted by Gasteiger charge is 2.27. The Labute approximate surface area is 99.1 Å². The minimum absolute atomic E-state index is 0.101. The Balaban J connectivity index is 2.93. The van der Waals surface area contributed by atoms with Crippen molar-refractivity contribution in [3.05, 3.63) is 28.3 Å². The molecule has 0 saturated heterocycles. The summed E-state index contributed by atoms with van der Waals surface area (Å²) in [6.45, 7) is 5.27. The molecule has 0 spiro atoms. The predicted molar refractivity (Wildman–Crippen MR) is 61.2 cm³/mol. The van der Waals surface area contributed by atoms with Gasteiger partial charge < -0.3 is 8.94 Å². The van der Waals surface area contributed by atoms with Gasteiger partial charge in [0.1, 0.15) is 11.5 Å². The molecule has 0 aliphatic carbocycles. The largest absolute Gasteiger partial charge is 0.530 e. The van der Waals surface area contributed by atoms with Gasteiger partial charge in [0.15, 0.2) is 0 Å². The molecule has 1 aromatic heterocycles. The van der Waals surface area contributed by atoms with Crippen LogP contribution in [0.1, 0.15) is 19.6 Å². The lowest BCUT2D eigenvalue weighted by Gasteiger charge is -2.16. The molecular formula is C10H15O6P. The molecular weight excluding hydrogens is 247 g/mol. The third kappa shape index (κ3) is 4.34. The fourth-order valence-corrected chi connectivity index (χ4v) is 2.34. The summed E-state index contributed by atoms with van der Waals surface area (Å²) < 4.78 is 31.7. The number of hydrogen-bond donors (Lipinski definition) is 0. The lowest BCUT2D eigenvalue weighted by atomic mass is 10.4. The summed E-state index contributed by atoms with van der Waals surface area (Å²) in [5.41, 5.74) is -0.584. The summed E-state index contributed by atoms with van der Waals surface area (Å²) in [4.78, 5) is 11.1. The summed E-state index contributed by atoms with van der Waals surface area (Å²) in [7, 11) is -3.66. The zero-order valence-corrected chi connectivity index (χ0v) is 10.9. The van der Waals surface area contributed by atoms with Gasteiger partial charge in [-0.05, 0) is 20.8 Å². The smallest absolute Gasteiger partial charge is 0.428 e. The van der Waals surface area contributed by atoms with E-state index in [9.17, 15) is 9.36 Å². The van der Waals surface area contributed by atoms with Crippen molar-refractivity contribution in [1.29, 1.82) is 0 Å². The molecule has 0 radical (unpaired) electrons. The average Bonchev–Trinajstić information content (AvgIpc) is 2.15. The molecule has 0 amide bonds. The standard InChI is InChI=1S/C10H15O6P/c1-4-13-17(12,14-5-2)16-9-6-8(3)15-10(11)7-9/h6-7H,4-5H2,1-3H3. The molecule has 0 unspecified atom stereocenters. The highest BCUT2D eigenvalue weighted by molar-refractivity contribution is 7.48. The van der Waals surface area contributed by atoms with Gasteiger partial charge in [-0.3, -0.25) is 9.05 Å². The van der Waals surface area contributed by atoms with E-state index in [0.29, 0.717) is 5.76 Å². The summed E-state index contributed by atoms with van der Waals surface area (Å²) in [6.07, 6.45) is 0. The Morgan fingerprint density at radius 3 is 2.29 bits per heavy atom. The summed E-state index contributed by atoms with van der Waals surface area (Å²) in [5, 5.41) is 0. The average molecular weight is 262 g/mol. The third-order valence-corrected chi connectivity index (χ3v) is 3.24. The van der Waals surface area contributed by atoms with E-state index >= 15 is 0 Å². The van der Waals surface area contributed by atoms with Gasteiger partial charge in [0.05, 0.1) is 19.3 Å². The Kier molecular flexibility index (Phi) is 4.93. The fourth-order valence-electron chi connectivity index (χ4n) is 1.16. The number of phosphoric acid groups is 1. The normalized spacial score (nSPS) is 11.5. The van der Waals surface area contributed by atoms with Crippen LogP contribution in [-0.2, 0) is 13.6 Å². The van der Waals surface area contributed by atoms with Crippen LogP contribution in [0.15, 0.2) is 21.3 Å². The fraction of sp³-hybridized carbons (Fsp3) is 0.500. The first kappa shape index (κ1) is 14.0. The van der Waals surface area contributed by atoms with Gasteiger partial charge in [0.2, 0.25) is 0 Å². The molecule has 0 saturated carbocycles. The van der Waals surface area contributed by atoms with Crippen LogP contribution in [0.4, 0.5) is 0 Å². The summed E-state index contributed by atoms with van der Waals surface area (Å²) in [6, 6.07) is 2.52. The first-order valence-corrected chi connectivity index (χ1v) is 6.65. The van der Waals surface area contributed by atoms with Gasteiger partial charge in [-0.1, -0.05) is 0 Å². The van der Waals surface area contributed by atoms with Crippen molar-refractivity contribution in [2.45, 2.75) is 20.8 Å². The van der Waals surface area contributed by atoms with Crippen LogP contribution in [0.25, 0.3) is 0 Å². The molecule has 0 aliphatic heterocycles. The highest BCUT2D eigenvalue weighted by atomic mass is 31.2. The van der Waals surface area contributed by atoms with Crippen LogP contribution in [0, 0.1) is 6.92 Å². The van der Waals surface area contributed by atoms with Crippen molar-refractivity contribution in [3.63, 3.8) is 0 Å². The van der Waals surface area contributed by atoms with Crippen molar-refractivity contribution in [3.8, 4) is 5.75 Å². The molecule has 6 nitrogen and oxygen atoms in total. The SMILES string of the molecule is CCOP(=O)(OCC)Oc1cc(C)oc(=O)c1. The minimum atomic E-state index is -3.66. The Morgan fingerprint density at radius 2 is 1.82 bits per heavy atom. The third-order valence-electron chi connectivity index (χ3n) is 1.66.